The minimum absolute atomic E-state index is 0.269. The van der Waals surface area contributed by atoms with E-state index in [0.717, 1.165) is 5.39 Å². The van der Waals surface area contributed by atoms with Gasteiger partial charge in [-0.3, -0.25) is 9.59 Å². The summed E-state index contributed by atoms with van der Waals surface area (Å²) in [5.74, 6) is -2.04. The minimum atomic E-state index is -1.22. The molecule has 3 aromatic rings. The third kappa shape index (κ3) is 5.08. The number of fused-ring (bicyclic) bond motifs is 2. The van der Waals surface area contributed by atoms with Crippen molar-refractivity contribution in [3.8, 4) is 0 Å². The van der Waals surface area contributed by atoms with E-state index in [1.54, 1.807) is 35.2 Å². The van der Waals surface area contributed by atoms with E-state index in [4.69, 9.17) is 21.1 Å². The quantitative estimate of drug-likeness (QED) is 0.448. The summed E-state index contributed by atoms with van der Waals surface area (Å²) in [6.07, 6.45) is -2.52. The molecule has 0 aliphatic carbocycles. The minimum Gasteiger partial charge on any atom is -0.481 e. The first-order valence-corrected chi connectivity index (χ1v) is 12.0. The fourth-order valence-corrected chi connectivity index (χ4v) is 4.76. The van der Waals surface area contributed by atoms with Gasteiger partial charge in [0.05, 0.1) is 19.1 Å². The van der Waals surface area contributed by atoms with Crippen LogP contribution in [0.25, 0.3) is 10.8 Å². The number of ether oxygens (including phenoxy) is 2. The Labute approximate surface area is 214 Å². The number of aliphatic carboxylic acids is 1. The highest BCUT2D eigenvalue weighted by Crippen LogP contribution is 2.43. The van der Waals surface area contributed by atoms with Gasteiger partial charge < -0.3 is 19.5 Å². The number of nitrogens with zero attached hydrogens (tertiary/aromatic N) is 1. The maximum absolute atomic E-state index is 13.7. The van der Waals surface area contributed by atoms with Gasteiger partial charge in [0.15, 0.2) is 0 Å². The second-order valence-electron chi connectivity index (χ2n) is 10.0. The Morgan fingerprint density at radius 3 is 2.39 bits per heavy atom. The van der Waals surface area contributed by atoms with Gasteiger partial charge >= 0.3 is 11.9 Å². The maximum Gasteiger partial charge on any atom is 0.338 e. The lowest BCUT2D eigenvalue weighted by Gasteiger charge is -2.31. The summed E-state index contributed by atoms with van der Waals surface area (Å²) < 4.78 is 11.3. The number of carboxylic acids is 1. The monoisotopic (exact) mass is 509 g/mol. The highest BCUT2D eigenvalue weighted by molar-refractivity contribution is 6.30. The first-order valence-electron chi connectivity index (χ1n) is 11.6. The number of anilines is 1. The van der Waals surface area contributed by atoms with Gasteiger partial charge in [0.25, 0.3) is 5.91 Å². The summed E-state index contributed by atoms with van der Waals surface area (Å²) in [5, 5.41) is 11.4. The molecule has 4 rings (SSSR count). The van der Waals surface area contributed by atoms with Crippen LogP contribution in [-0.2, 0) is 19.1 Å². The molecular weight excluding hydrogens is 482 g/mol. The molecule has 36 heavy (non-hydrogen) atoms. The Kier molecular flexibility index (Phi) is 7.07. The Hall–Kier alpha value is -3.42. The summed E-state index contributed by atoms with van der Waals surface area (Å²) in [6, 6.07) is 16.0. The second kappa shape index (κ2) is 9.91. The molecule has 0 saturated carbocycles. The molecule has 1 N–H and O–H groups in total. The van der Waals surface area contributed by atoms with Crippen LogP contribution >= 0.6 is 11.6 Å². The number of hydrogen-bond acceptors (Lipinski definition) is 5. The van der Waals surface area contributed by atoms with E-state index in [2.05, 4.69) is 0 Å². The maximum atomic E-state index is 13.7. The normalized spacial score (nSPS) is 18.0. The molecule has 0 saturated heterocycles. The fraction of sp³-hybridized carbons (Fsp3) is 0.321. The molecule has 0 aromatic heterocycles. The van der Waals surface area contributed by atoms with E-state index in [0.29, 0.717) is 39.3 Å². The zero-order chi connectivity index (χ0) is 26.2. The molecule has 3 aromatic carbocycles. The molecule has 1 heterocycles. The van der Waals surface area contributed by atoms with Gasteiger partial charge in [0.2, 0.25) is 0 Å². The van der Waals surface area contributed by atoms with Gasteiger partial charge in [0, 0.05) is 22.8 Å². The Balaban J connectivity index is 1.98. The fourth-order valence-electron chi connectivity index (χ4n) is 4.58. The van der Waals surface area contributed by atoms with Gasteiger partial charge in [-0.25, -0.2) is 4.79 Å². The lowest BCUT2D eigenvalue weighted by Crippen LogP contribution is -2.44. The van der Waals surface area contributed by atoms with Crippen LogP contribution in [0.1, 0.15) is 54.8 Å². The molecule has 7 nitrogen and oxygen atoms in total. The molecule has 188 valence electrons. The van der Waals surface area contributed by atoms with Gasteiger partial charge in [-0.05, 0) is 46.0 Å². The van der Waals surface area contributed by atoms with Crippen molar-refractivity contribution in [2.75, 3.05) is 18.6 Å². The number of carbonyl (C=O) groups is 3. The molecule has 0 fully saturated rings. The number of carbonyl (C=O) groups excluding carboxylic acids is 2. The van der Waals surface area contributed by atoms with Crippen molar-refractivity contribution in [3.05, 3.63) is 76.3 Å². The van der Waals surface area contributed by atoms with Crippen molar-refractivity contribution >= 4 is 45.9 Å². The SMILES string of the molecule is COC(=O)c1ccc(C2OC(CC(=O)O)C(=O)N(CC(C)(C)C)c3ccc(Cl)cc32)c2ccccc12. The molecular formula is C28H28ClNO6. The largest absolute Gasteiger partial charge is 0.481 e. The summed E-state index contributed by atoms with van der Waals surface area (Å²) >= 11 is 6.41. The third-order valence-corrected chi connectivity index (χ3v) is 6.28. The van der Waals surface area contributed by atoms with Gasteiger partial charge in [-0.1, -0.05) is 62.7 Å². The summed E-state index contributed by atoms with van der Waals surface area (Å²) in [7, 11) is 1.32. The zero-order valence-corrected chi connectivity index (χ0v) is 21.3. The Bertz CT molecular complexity index is 1350. The van der Waals surface area contributed by atoms with Crippen molar-refractivity contribution < 1.29 is 29.0 Å². The van der Waals surface area contributed by atoms with Crippen LogP contribution in [0.3, 0.4) is 0 Å². The van der Waals surface area contributed by atoms with Crippen LogP contribution in [0, 0.1) is 5.41 Å². The Morgan fingerprint density at radius 1 is 1.06 bits per heavy atom. The van der Waals surface area contributed by atoms with Crippen molar-refractivity contribution in [3.63, 3.8) is 0 Å². The molecule has 2 unspecified atom stereocenters. The van der Waals surface area contributed by atoms with Crippen molar-refractivity contribution in [2.24, 2.45) is 5.41 Å². The van der Waals surface area contributed by atoms with E-state index in [1.165, 1.54) is 7.11 Å². The van der Waals surface area contributed by atoms with Gasteiger partial charge in [-0.2, -0.15) is 0 Å². The topological polar surface area (TPSA) is 93.1 Å². The van der Waals surface area contributed by atoms with Crippen molar-refractivity contribution in [1.29, 1.82) is 0 Å². The highest BCUT2D eigenvalue weighted by Gasteiger charge is 2.39. The van der Waals surface area contributed by atoms with Crippen LogP contribution in [0.4, 0.5) is 5.69 Å². The molecule has 8 heteroatoms. The number of rotatable bonds is 5. The number of methoxy groups -OCH3 is 1. The molecule has 0 bridgehead atoms. The van der Waals surface area contributed by atoms with E-state index in [1.807, 2.05) is 45.0 Å². The highest BCUT2D eigenvalue weighted by atomic mass is 35.5. The molecule has 2 atom stereocenters. The lowest BCUT2D eigenvalue weighted by molar-refractivity contribution is -0.147. The standard InChI is InChI=1S/C28H28ClNO6/c1-28(2,3)15-30-22-12-9-16(29)13-21(22)25(36-23(26(30)33)14-24(31)32)19-10-11-20(27(34)35-4)18-8-6-5-7-17(18)19/h5-13,23,25H,14-15H2,1-4H3,(H,31,32). The van der Waals surface area contributed by atoms with Crippen molar-refractivity contribution in [1.82, 2.24) is 0 Å². The number of halogens is 1. The van der Waals surface area contributed by atoms with Crippen LogP contribution in [0.15, 0.2) is 54.6 Å². The van der Waals surface area contributed by atoms with E-state index >= 15 is 0 Å². The van der Waals surface area contributed by atoms with Gasteiger partial charge in [0.1, 0.15) is 12.2 Å². The van der Waals surface area contributed by atoms with Gasteiger partial charge in [-0.15, -0.1) is 0 Å². The number of hydrogen-bond donors (Lipinski definition) is 1. The van der Waals surface area contributed by atoms with Crippen molar-refractivity contribution in [2.45, 2.75) is 39.4 Å². The number of benzene rings is 3. The predicted octanol–water partition coefficient (Wildman–Crippen LogP) is 5.62. The average Bonchev–Trinajstić information content (AvgIpc) is 2.92. The van der Waals surface area contributed by atoms with E-state index in [9.17, 15) is 19.5 Å². The molecule has 1 amide bonds. The van der Waals surface area contributed by atoms with Crippen LogP contribution in [-0.4, -0.2) is 42.7 Å². The number of amides is 1. The third-order valence-electron chi connectivity index (χ3n) is 6.04. The molecule has 1 aliphatic rings. The molecule has 0 radical (unpaired) electrons. The van der Waals surface area contributed by atoms with Crippen LogP contribution < -0.4 is 4.90 Å². The molecule has 1 aliphatic heterocycles. The predicted molar refractivity (Wildman–Crippen MR) is 138 cm³/mol. The lowest BCUT2D eigenvalue weighted by atomic mass is 9.91. The van der Waals surface area contributed by atoms with Crippen LogP contribution in [0.5, 0.6) is 0 Å². The first kappa shape index (κ1) is 25.7. The summed E-state index contributed by atoms with van der Waals surface area (Å²) in [5.41, 5.74) is 2.06. The first-order chi connectivity index (χ1) is 17.0. The van der Waals surface area contributed by atoms with Crippen LogP contribution in [0.2, 0.25) is 5.02 Å². The second-order valence-corrected chi connectivity index (χ2v) is 10.5. The molecule has 0 spiro atoms. The average molecular weight is 510 g/mol. The summed E-state index contributed by atoms with van der Waals surface area (Å²) in [4.78, 5) is 39.4. The Morgan fingerprint density at radius 2 is 1.75 bits per heavy atom. The number of carboxylic acid groups (broad SMARTS) is 1. The van der Waals surface area contributed by atoms with E-state index in [-0.39, 0.29) is 5.41 Å². The smallest absolute Gasteiger partial charge is 0.338 e. The number of esters is 1. The van der Waals surface area contributed by atoms with E-state index < -0.39 is 36.5 Å². The summed E-state index contributed by atoms with van der Waals surface area (Å²) in [6.45, 7) is 6.37. The zero-order valence-electron chi connectivity index (χ0n) is 20.6.